The molecule has 0 spiro atoms. The second-order valence-electron chi connectivity index (χ2n) is 3.49. The fraction of sp³-hybridized carbons (Fsp3) is 0.0909. The molecule has 0 atom stereocenters. The molecule has 17 heavy (non-hydrogen) atoms. The molecule has 0 radical (unpaired) electrons. The van der Waals surface area contributed by atoms with Crippen molar-refractivity contribution in [3.8, 4) is 0 Å². The maximum Gasteiger partial charge on any atom is 0.265 e. The van der Waals surface area contributed by atoms with E-state index in [4.69, 9.17) is 17.4 Å². The molecule has 0 saturated carbocycles. The van der Waals surface area contributed by atoms with Gasteiger partial charge in [-0.15, -0.1) is 0 Å². The minimum atomic E-state index is -0.321. The molecule has 88 valence electrons. The van der Waals surface area contributed by atoms with Gasteiger partial charge >= 0.3 is 0 Å². The molecule has 2 rings (SSSR count). The van der Waals surface area contributed by atoms with Crippen molar-refractivity contribution in [2.75, 3.05) is 0 Å². The fourth-order valence-electron chi connectivity index (χ4n) is 1.56. The predicted molar refractivity (Wildman–Crippen MR) is 64.4 cm³/mol. The summed E-state index contributed by atoms with van der Waals surface area (Å²) in [4.78, 5) is 11.5. The van der Waals surface area contributed by atoms with E-state index in [0.29, 0.717) is 17.1 Å². The summed E-state index contributed by atoms with van der Waals surface area (Å²) in [6.07, 6.45) is 3.24. The first-order chi connectivity index (χ1) is 8.20. The zero-order valence-corrected chi connectivity index (χ0v) is 9.69. The first kappa shape index (κ1) is 11.6. The van der Waals surface area contributed by atoms with Gasteiger partial charge < -0.3 is 0 Å². The molecule has 0 bridgehead atoms. The topological polar surface area (TPSA) is 72.9 Å². The summed E-state index contributed by atoms with van der Waals surface area (Å²) in [6.45, 7) is 0.469. The SMILES string of the molecule is NNC(=O)c1ccccc1Cn1cc(Cl)cn1. The number of nitrogen functional groups attached to an aromatic ring is 1. The second-order valence-corrected chi connectivity index (χ2v) is 3.92. The third kappa shape index (κ3) is 2.64. The van der Waals surface area contributed by atoms with Crippen LogP contribution in [0.25, 0.3) is 0 Å². The number of nitrogens with one attached hydrogen (secondary N) is 1. The van der Waals surface area contributed by atoms with Gasteiger partial charge in [0.25, 0.3) is 5.91 Å². The Balaban J connectivity index is 2.29. The maximum absolute atomic E-state index is 11.5. The number of aromatic nitrogens is 2. The molecular formula is C11H11ClN4O. The Bertz CT molecular complexity index is 538. The molecule has 1 heterocycles. The van der Waals surface area contributed by atoms with E-state index in [1.165, 1.54) is 0 Å². The highest BCUT2D eigenvalue weighted by atomic mass is 35.5. The number of carbonyl (C=O) groups is 1. The zero-order chi connectivity index (χ0) is 12.3. The molecular weight excluding hydrogens is 240 g/mol. The van der Waals surface area contributed by atoms with Crippen molar-refractivity contribution in [2.45, 2.75) is 6.54 Å². The number of nitrogens with zero attached hydrogens (tertiary/aromatic N) is 2. The molecule has 6 heteroatoms. The molecule has 0 fully saturated rings. The van der Waals surface area contributed by atoms with Gasteiger partial charge in [-0.05, 0) is 11.6 Å². The summed E-state index contributed by atoms with van der Waals surface area (Å²) >= 11 is 5.77. The Labute approximate surface area is 103 Å². The van der Waals surface area contributed by atoms with Crippen LogP contribution in [0.5, 0.6) is 0 Å². The van der Waals surface area contributed by atoms with Crippen LogP contribution in [0.4, 0.5) is 0 Å². The lowest BCUT2D eigenvalue weighted by molar-refractivity contribution is 0.0952. The van der Waals surface area contributed by atoms with Crippen molar-refractivity contribution in [1.29, 1.82) is 0 Å². The van der Waals surface area contributed by atoms with E-state index in [-0.39, 0.29) is 5.91 Å². The number of hydrogen-bond donors (Lipinski definition) is 2. The molecule has 0 saturated heterocycles. The molecule has 0 aliphatic carbocycles. The number of hydrazine groups is 1. The Kier molecular flexibility index (Phi) is 3.41. The average molecular weight is 251 g/mol. The maximum atomic E-state index is 11.5. The monoisotopic (exact) mass is 250 g/mol. The summed E-state index contributed by atoms with van der Waals surface area (Å²) in [6, 6.07) is 7.20. The summed E-state index contributed by atoms with van der Waals surface area (Å²) in [7, 11) is 0. The molecule has 0 unspecified atom stereocenters. The number of halogens is 1. The van der Waals surface area contributed by atoms with E-state index in [0.717, 1.165) is 5.56 Å². The van der Waals surface area contributed by atoms with Crippen molar-refractivity contribution in [1.82, 2.24) is 15.2 Å². The van der Waals surface area contributed by atoms with Gasteiger partial charge in [-0.25, -0.2) is 5.84 Å². The van der Waals surface area contributed by atoms with Crippen LogP contribution in [0.15, 0.2) is 36.7 Å². The van der Waals surface area contributed by atoms with Crippen LogP contribution in [0.2, 0.25) is 5.02 Å². The van der Waals surface area contributed by atoms with Crippen molar-refractivity contribution < 1.29 is 4.79 Å². The van der Waals surface area contributed by atoms with Gasteiger partial charge in [0.05, 0.1) is 17.8 Å². The Hall–Kier alpha value is -1.85. The van der Waals surface area contributed by atoms with E-state index < -0.39 is 0 Å². The summed E-state index contributed by atoms with van der Waals surface area (Å²) in [5, 5.41) is 4.62. The fourth-order valence-corrected chi connectivity index (χ4v) is 1.71. The van der Waals surface area contributed by atoms with Crippen molar-refractivity contribution in [2.24, 2.45) is 5.84 Å². The lowest BCUT2D eigenvalue weighted by atomic mass is 10.1. The third-order valence-electron chi connectivity index (χ3n) is 2.33. The highest BCUT2D eigenvalue weighted by Crippen LogP contribution is 2.12. The van der Waals surface area contributed by atoms with Gasteiger partial charge in [0, 0.05) is 11.8 Å². The van der Waals surface area contributed by atoms with E-state index >= 15 is 0 Å². The van der Waals surface area contributed by atoms with E-state index in [9.17, 15) is 4.79 Å². The number of hydrogen-bond acceptors (Lipinski definition) is 3. The van der Waals surface area contributed by atoms with Gasteiger partial charge in [0.15, 0.2) is 0 Å². The van der Waals surface area contributed by atoms with Gasteiger partial charge in [0.2, 0.25) is 0 Å². The Morgan fingerprint density at radius 3 is 2.88 bits per heavy atom. The molecule has 3 N–H and O–H groups in total. The smallest absolute Gasteiger partial charge is 0.265 e. The van der Waals surface area contributed by atoms with Crippen LogP contribution in [0.1, 0.15) is 15.9 Å². The lowest BCUT2D eigenvalue weighted by Gasteiger charge is -2.07. The number of nitrogens with two attached hydrogens (primary N) is 1. The van der Waals surface area contributed by atoms with E-state index in [1.807, 2.05) is 12.1 Å². The molecule has 1 aromatic carbocycles. The average Bonchev–Trinajstić information content (AvgIpc) is 2.74. The third-order valence-corrected chi connectivity index (χ3v) is 2.52. The van der Waals surface area contributed by atoms with E-state index in [2.05, 4.69) is 10.5 Å². The van der Waals surface area contributed by atoms with Crippen LogP contribution in [-0.4, -0.2) is 15.7 Å². The predicted octanol–water partition coefficient (Wildman–Crippen LogP) is 1.19. The highest BCUT2D eigenvalue weighted by molar-refractivity contribution is 6.30. The largest absolute Gasteiger partial charge is 0.290 e. The van der Waals surface area contributed by atoms with Crippen LogP contribution >= 0.6 is 11.6 Å². The van der Waals surface area contributed by atoms with Crippen LogP contribution < -0.4 is 11.3 Å². The molecule has 0 aliphatic rings. The zero-order valence-electron chi connectivity index (χ0n) is 8.93. The molecule has 0 aliphatic heterocycles. The van der Waals surface area contributed by atoms with Gasteiger partial charge in [-0.1, -0.05) is 29.8 Å². The molecule has 5 nitrogen and oxygen atoms in total. The van der Waals surface area contributed by atoms with Crippen LogP contribution in [0, 0.1) is 0 Å². The number of amides is 1. The van der Waals surface area contributed by atoms with Gasteiger partial charge in [-0.2, -0.15) is 5.10 Å². The van der Waals surface area contributed by atoms with Crippen molar-refractivity contribution >= 4 is 17.5 Å². The number of rotatable bonds is 3. The Morgan fingerprint density at radius 2 is 2.24 bits per heavy atom. The summed E-state index contributed by atoms with van der Waals surface area (Å²) in [5.74, 6) is 4.81. The van der Waals surface area contributed by atoms with Crippen LogP contribution in [0.3, 0.4) is 0 Å². The van der Waals surface area contributed by atoms with Gasteiger partial charge in [-0.3, -0.25) is 14.9 Å². The minimum absolute atomic E-state index is 0.321. The molecule has 1 amide bonds. The highest BCUT2D eigenvalue weighted by Gasteiger charge is 2.09. The molecule has 1 aromatic heterocycles. The van der Waals surface area contributed by atoms with Crippen molar-refractivity contribution in [3.63, 3.8) is 0 Å². The second kappa shape index (κ2) is 4.99. The van der Waals surface area contributed by atoms with E-state index in [1.54, 1.807) is 29.2 Å². The molecule has 2 aromatic rings. The first-order valence-corrected chi connectivity index (χ1v) is 5.35. The van der Waals surface area contributed by atoms with Crippen LogP contribution in [-0.2, 0) is 6.54 Å². The van der Waals surface area contributed by atoms with Crippen molar-refractivity contribution in [3.05, 3.63) is 52.8 Å². The minimum Gasteiger partial charge on any atom is -0.290 e. The Morgan fingerprint density at radius 1 is 1.47 bits per heavy atom. The summed E-state index contributed by atoms with van der Waals surface area (Å²) in [5.41, 5.74) is 3.48. The number of carbonyl (C=O) groups excluding carboxylic acids is 1. The normalized spacial score (nSPS) is 10.2. The number of benzene rings is 1. The first-order valence-electron chi connectivity index (χ1n) is 4.97. The quantitative estimate of drug-likeness (QED) is 0.488. The lowest BCUT2D eigenvalue weighted by Crippen LogP contribution is -2.31. The standard InChI is InChI=1S/C11H11ClN4O/c12-9-5-14-16(7-9)6-8-3-1-2-4-10(8)11(17)15-13/h1-5,7H,6,13H2,(H,15,17). The van der Waals surface area contributed by atoms with Gasteiger partial charge in [0.1, 0.15) is 0 Å². The summed E-state index contributed by atoms with van der Waals surface area (Å²) < 4.78 is 1.66.